The van der Waals surface area contributed by atoms with Gasteiger partial charge in [0.15, 0.2) is 17.4 Å². The van der Waals surface area contributed by atoms with Crippen LogP contribution in [0.5, 0.6) is 5.75 Å². The van der Waals surface area contributed by atoms with Crippen LogP contribution in [-0.4, -0.2) is 38.4 Å². The van der Waals surface area contributed by atoms with Crippen molar-refractivity contribution in [1.29, 1.82) is 0 Å². The minimum absolute atomic E-state index is 0.0935. The van der Waals surface area contributed by atoms with Gasteiger partial charge in [-0.2, -0.15) is 0 Å². The highest BCUT2D eigenvalue weighted by molar-refractivity contribution is 5.67. The van der Waals surface area contributed by atoms with Crippen LogP contribution in [0.4, 0.5) is 4.39 Å². The summed E-state index contributed by atoms with van der Waals surface area (Å²) in [6.07, 6.45) is 0. The SMILES string of the molecule is COc1ccc(-c2nnnn2CC(=O)O)cc1F. The molecule has 0 bridgehead atoms. The molecule has 0 unspecified atom stereocenters. The van der Waals surface area contributed by atoms with E-state index < -0.39 is 18.3 Å². The number of carboxylic acids is 1. The molecule has 0 aliphatic heterocycles. The Kier molecular flexibility index (Phi) is 3.18. The molecule has 18 heavy (non-hydrogen) atoms. The predicted octanol–water partition coefficient (Wildman–Crippen LogP) is 0.572. The van der Waals surface area contributed by atoms with E-state index in [0.717, 1.165) is 4.68 Å². The van der Waals surface area contributed by atoms with Crippen LogP contribution < -0.4 is 4.74 Å². The van der Waals surface area contributed by atoms with E-state index in [1.807, 2.05) is 0 Å². The lowest BCUT2D eigenvalue weighted by molar-refractivity contribution is -0.137. The molecule has 1 aromatic carbocycles. The number of hydrogen-bond acceptors (Lipinski definition) is 5. The molecule has 0 fully saturated rings. The molecule has 0 saturated carbocycles. The fraction of sp³-hybridized carbons (Fsp3) is 0.200. The van der Waals surface area contributed by atoms with Gasteiger partial charge in [0.2, 0.25) is 0 Å². The maximum Gasteiger partial charge on any atom is 0.325 e. The van der Waals surface area contributed by atoms with Gasteiger partial charge < -0.3 is 9.84 Å². The van der Waals surface area contributed by atoms with Crippen molar-refractivity contribution in [2.45, 2.75) is 6.54 Å². The number of methoxy groups -OCH3 is 1. The number of halogens is 1. The van der Waals surface area contributed by atoms with E-state index in [4.69, 9.17) is 9.84 Å². The standard InChI is InChI=1S/C10H9FN4O3/c1-18-8-3-2-6(4-7(8)11)10-12-13-14-15(10)5-9(16)17/h2-4H,5H2,1H3,(H,16,17). The van der Waals surface area contributed by atoms with Crippen molar-refractivity contribution in [2.75, 3.05) is 7.11 Å². The van der Waals surface area contributed by atoms with Crippen LogP contribution in [0.3, 0.4) is 0 Å². The van der Waals surface area contributed by atoms with E-state index in [2.05, 4.69) is 15.5 Å². The summed E-state index contributed by atoms with van der Waals surface area (Å²) in [5, 5.41) is 19.2. The van der Waals surface area contributed by atoms with Crippen molar-refractivity contribution in [2.24, 2.45) is 0 Å². The zero-order valence-electron chi connectivity index (χ0n) is 9.37. The highest BCUT2D eigenvalue weighted by Gasteiger charge is 2.13. The first kappa shape index (κ1) is 12.0. The Bertz CT molecular complexity index is 584. The second kappa shape index (κ2) is 4.78. The number of carboxylic acid groups (broad SMARTS) is 1. The van der Waals surface area contributed by atoms with Crippen molar-refractivity contribution in [1.82, 2.24) is 20.2 Å². The zero-order chi connectivity index (χ0) is 13.1. The summed E-state index contributed by atoms with van der Waals surface area (Å²) in [5.74, 6) is -1.38. The highest BCUT2D eigenvalue weighted by atomic mass is 19.1. The Morgan fingerprint density at radius 3 is 2.94 bits per heavy atom. The summed E-state index contributed by atoms with van der Waals surface area (Å²) >= 11 is 0. The van der Waals surface area contributed by atoms with Crippen LogP contribution in [0.1, 0.15) is 0 Å². The Labute approximate surface area is 101 Å². The van der Waals surface area contributed by atoms with Gasteiger partial charge in [-0.15, -0.1) is 5.10 Å². The molecule has 0 aliphatic carbocycles. The molecule has 2 aromatic rings. The van der Waals surface area contributed by atoms with Gasteiger partial charge in [0, 0.05) is 5.56 Å². The molecule has 94 valence electrons. The maximum absolute atomic E-state index is 13.5. The lowest BCUT2D eigenvalue weighted by Gasteiger charge is -2.04. The van der Waals surface area contributed by atoms with E-state index in [1.165, 1.54) is 19.2 Å². The highest BCUT2D eigenvalue weighted by Crippen LogP contribution is 2.23. The van der Waals surface area contributed by atoms with Crippen molar-refractivity contribution in [3.8, 4) is 17.1 Å². The molecule has 0 radical (unpaired) electrons. The van der Waals surface area contributed by atoms with E-state index in [1.54, 1.807) is 6.07 Å². The summed E-state index contributed by atoms with van der Waals surface area (Å²) in [4.78, 5) is 10.6. The number of rotatable bonds is 4. The second-order valence-corrected chi connectivity index (χ2v) is 3.40. The minimum Gasteiger partial charge on any atom is -0.494 e. The quantitative estimate of drug-likeness (QED) is 0.855. The molecule has 1 N–H and O–H groups in total. The average Bonchev–Trinajstić information content (AvgIpc) is 2.76. The lowest BCUT2D eigenvalue weighted by atomic mass is 10.2. The largest absolute Gasteiger partial charge is 0.494 e. The van der Waals surface area contributed by atoms with Gasteiger partial charge in [0.25, 0.3) is 0 Å². The first-order valence-electron chi connectivity index (χ1n) is 4.93. The smallest absolute Gasteiger partial charge is 0.325 e. The van der Waals surface area contributed by atoms with Crippen molar-refractivity contribution in [3.05, 3.63) is 24.0 Å². The summed E-state index contributed by atoms with van der Waals surface area (Å²) in [7, 11) is 1.35. The van der Waals surface area contributed by atoms with E-state index in [0.29, 0.717) is 5.56 Å². The molecule has 0 spiro atoms. The number of hydrogen-bond donors (Lipinski definition) is 1. The molecule has 0 saturated heterocycles. The fourth-order valence-corrected chi connectivity index (χ4v) is 1.45. The number of benzene rings is 1. The van der Waals surface area contributed by atoms with Crippen LogP contribution >= 0.6 is 0 Å². The molecule has 0 amide bonds. The Hall–Kier alpha value is -2.51. The number of carbonyl (C=O) groups is 1. The number of ether oxygens (including phenoxy) is 1. The third-order valence-electron chi connectivity index (χ3n) is 2.23. The first-order chi connectivity index (χ1) is 8.61. The maximum atomic E-state index is 13.5. The number of nitrogens with zero attached hydrogens (tertiary/aromatic N) is 4. The topological polar surface area (TPSA) is 90.1 Å². The van der Waals surface area contributed by atoms with E-state index >= 15 is 0 Å². The van der Waals surface area contributed by atoms with Crippen LogP contribution in [0, 0.1) is 5.82 Å². The van der Waals surface area contributed by atoms with Crippen LogP contribution in [-0.2, 0) is 11.3 Å². The van der Waals surface area contributed by atoms with Gasteiger partial charge in [-0.05, 0) is 28.6 Å². The average molecular weight is 252 g/mol. The number of tetrazole rings is 1. The van der Waals surface area contributed by atoms with Crippen LogP contribution in [0.25, 0.3) is 11.4 Å². The van der Waals surface area contributed by atoms with E-state index in [9.17, 15) is 9.18 Å². The summed E-state index contributed by atoms with van der Waals surface area (Å²) < 4.78 is 19.4. The van der Waals surface area contributed by atoms with E-state index in [-0.39, 0.29) is 11.6 Å². The molecular weight excluding hydrogens is 243 g/mol. The Morgan fingerprint density at radius 2 is 2.33 bits per heavy atom. The minimum atomic E-state index is -1.09. The molecule has 7 nitrogen and oxygen atoms in total. The summed E-state index contributed by atoms with van der Waals surface area (Å²) in [6.45, 7) is -0.393. The van der Waals surface area contributed by atoms with Gasteiger partial charge in [0.1, 0.15) is 6.54 Å². The van der Waals surface area contributed by atoms with Crippen molar-refractivity contribution < 1.29 is 19.0 Å². The third-order valence-corrected chi connectivity index (χ3v) is 2.23. The van der Waals surface area contributed by atoms with Crippen molar-refractivity contribution in [3.63, 3.8) is 0 Å². The zero-order valence-corrected chi connectivity index (χ0v) is 9.37. The number of aromatic nitrogens is 4. The van der Waals surface area contributed by atoms with Crippen LogP contribution in [0.2, 0.25) is 0 Å². The molecule has 1 heterocycles. The summed E-state index contributed by atoms with van der Waals surface area (Å²) in [6, 6.07) is 4.15. The fourth-order valence-electron chi connectivity index (χ4n) is 1.45. The third kappa shape index (κ3) is 2.26. The van der Waals surface area contributed by atoms with Gasteiger partial charge in [-0.1, -0.05) is 0 Å². The first-order valence-corrected chi connectivity index (χ1v) is 4.93. The Balaban J connectivity index is 2.40. The van der Waals surface area contributed by atoms with Crippen LogP contribution in [0.15, 0.2) is 18.2 Å². The summed E-state index contributed by atoms with van der Waals surface area (Å²) in [5.41, 5.74) is 0.375. The van der Waals surface area contributed by atoms with Gasteiger partial charge in [-0.25, -0.2) is 9.07 Å². The second-order valence-electron chi connectivity index (χ2n) is 3.40. The monoisotopic (exact) mass is 252 g/mol. The molecule has 8 heteroatoms. The molecule has 0 aliphatic rings. The molecule has 0 atom stereocenters. The lowest BCUT2D eigenvalue weighted by Crippen LogP contribution is -2.11. The van der Waals surface area contributed by atoms with Gasteiger partial charge in [0.05, 0.1) is 7.11 Å². The number of aliphatic carboxylic acids is 1. The predicted molar refractivity (Wildman–Crippen MR) is 57.4 cm³/mol. The van der Waals surface area contributed by atoms with Gasteiger partial charge in [-0.3, -0.25) is 4.79 Å². The normalized spacial score (nSPS) is 10.3. The Morgan fingerprint density at radius 1 is 1.56 bits per heavy atom. The van der Waals surface area contributed by atoms with Crippen molar-refractivity contribution >= 4 is 5.97 Å². The molecular formula is C10H9FN4O3. The molecule has 2 rings (SSSR count). The van der Waals surface area contributed by atoms with Gasteiger partial charge >= 0.3 is 5.97 Å². The molecule has 1 aromatic heterocycles.